The lowest BCUT2D eigenvalue weighted by Gasteiger charge is -2.31. The first-order valence-electron chi connectivity index (χ1n) is 11.3. The number of nitrogens with zero attached hydrogens (tertiary/aromatic N) is 1. The van der Waals surface area contributed by atoms with Crippen molar-refractivity contribution in [3.05, 3.63) is 95.3 Å². The Bertz CT molecular complexity index is 1240. The van der Waals surface area contributed by atoms with Gasteiger partial charge in [0.25, 0.3) is 0 Å². The molecule has 2 heterocycles. The molecule has 1 aliphatic rings. The predicted molar refractivity (Wildman–Crippen MR) is 129 cm³/mol. The van der Waals surface area contributed by atoms with Crippen molar-refractivity contribution in [3.8, 4) is 0 Å². The van der Waals surface area contributed by atoms with Crippen molar-refractivity contribution in [1.82, 2.24) is 14.0 Å². The smallest absolute Gasteiger partial charge is 0.422 e. The van der Waals surface area contributed by atoms with Gasteiger partial charge >= 0.3 is 22.3 Å². The summed E-state index contributed by atoms with van der Waals surface area (Å²) in [5.41, 5.74) is 2.83. The van der Waals surface area contributed by atoms with Crippen molar-refractivity contribution in [2.24, 2.45) is 0 Å². The molecule has 0 saturated carbocycles. The van der Waals surface area contributed by atoms with Crippen LogP contribution >= 0.6 is 0 Å². The van der Waals surface area contributed by atoms with Gasteiger partial charge in [0.1, 0.15) is 18.9 Å². The number of carbonyl (C=O) groups excluding carboxylic acids is 2. The second kappa shape index (κ2) is 11.2. The molecule has 1 aromatic heterocycles. The zero-order chi connectivity index (χ0) is 24.7. The number of amides is 1. The molecule has 0 spiro atoms. The van der Waals surface area contributed by atoms with Gasteiger partial charge in [0.2, 0.25) is 0 Å². The normalized spacial score (nSPS) is 14.9. The number of ether oxygens (including phenoxy) is 2. The first-order valence-corrected chi connectivity index (χ1v) is 12.7. The Balaban J connectivity index is 1.28. The molecule has 9 nitrogen and oxygen atoms in total. The van der Waals surface area contributed by atoms with Crippen LogP contribution in [0.15, 0.2) is 72.9 Å². The van der Waals surface area contributed by atoms with Crippen molar-refractivity contribution >= 4 is 22.3 Å². The van der Waals surface area contributed by atoms with Gasteiger partial charge in [-0.1, -0.05) is 60.7 Å². The van der Waals surface area contributed by atoms with Gasteiger partial charge in [-0.2, -0.15) is 12.7 Å². The Hall–Kier alpha value is -3.63. The quantitative estimate of drug-likeness (QED) is 0.458. The highest BCUT2D eigenvalue weighted by molar-refractivity contribution is 7.87. The highest BCUT2D eigenvalue weighted by atomic mass is 32.2. The standard InChI is InChI=1S/C25H27N3O6S/c29-24(33-17-19-7-3-1-4-8-19)23-22(11-14-26-23)21-12-15-28(16-13-21)35(31,32)27-25(30)34-18-20-9-5-2-6-10-20/h1-11,14,21,26H,12-13,15-18H2,(H,27,30). The zero-order valence-corrected chi connectivity index (χ0v) is 19.9. The summed E-state index contributed by atoms with van der Waals surface area (Å²) in [5.74, 6) is -0.469. The maximum absolute atomic E-state index is 12.6. The lowest BCUT2D eigenvalue weighted by molar-refractivity contribution is 0.0464. The summed E-state index contributed by atoms with van der Waals surface area (Å²) in [7, 11) is -4.04. The molecule has 0 unspecified atom stereocenters. The summed E-state index contributed by atoms with van der Waals surface area (Å²) < 4.78 is 38.9. The minimum atomic E-state index is -4.04. The number of H-pyrrole nitrogens is 1. The third kappa shape index (κ3) is 6.49. The van der Waals surface area contributed by atoms with Gasteiger partial charge in [0, 0.05) is 19.3 Å². The second-order valence-corrected chi connectivity index (χ2v) is 9.88. The zero-order valence-electron chi connectivity index (χ0n) is 19.1. The molecular formula is C25H27N3O6S. The van der Waals surface area contributed by atoms with Crippen LogP contribution in [0.2, 0.25) is 0 Å². The summed E-state index contributed by atoms with van der Waals surface area (Å²) in [6.07, 6.45) is 1.65. The molecule has 10 heteroatoms. The maximum Gasteiger partial charge on any atom is 0.422 e. The lowest BCUT2D eigenvalue weighted by atomic mass is 9.90. The van der Waals surface area contributed by atoms with E-state index in [2.05, 4.69) is 4.98 Å². The average Bonchev–Trinajstić information content (AvgIpc) is 3.37. The summed E-state index contributed by atoms with van der Waals surface area (Å²) >= 11 is 0. The molecule has 0 aliphatic carbocycles. The van der Waals surface area contributed by atoms with Crippen LogP contribution in [-0.2, 0) is 32.9 Å². The van der Waals surface area contributed by atoms with Crippen LogP contribution < -0.4 is 4.72 Å². The number of benzene rings is 2. The fraction of sp³-hybridized carbons (Fsp3) is 0.280. The SMILES string of the molecule is O=C(NS(=O)(=O)N1CCC(c2cc[nH]c2C(=O)OCc2ccccc2)CC1)OCc1ccccc1. The summed E-state index contributed by atoms with van der Waals surface area (Å²) in [6, 6.07) is 20.2. The number of aromatic amines is 1. The molecule has 35 heavy (non-hydrogen) atoms. The van der Waals surface area contributed by atoms with E-state index in [1.54, 1.807) is 30.5 Å². The van der Waals surface area contributed by atoms with E-state index in [0.717, 1.165) is 16.7 Å². The third-order valence-electron chi connectivity index (χ3n) is 5.85. The molecule has 1 aliphatic heterocycles. The highest BCUT2D eigenvalue weighted by Gasteiger charge is 2.32. The van der Waals surface area contributed by atoms with Gasteiger partial charge < -0.3 is 14.5 Å². The first kappa shape index (κ1) is 24.5. The molecule has 1 fully saturated rings. The molecule has 1 saturated heterocycles. The second-order valence-electron chi connectivity index (χ2n) is 8.21. The number of esters is 1. The van der Waals surface area contributed by atoms with Crippen LogP contribution in [0.3, 0.4) is 0 Å². The average molecular weight is 498 g/mol. The van der Waals surface area contributed by atoms with E-state index in [4.69, 9.17) is 9.47 Å². The molecule has 3 aromatic rings. The van der Waals surface area contributed by atoms with Gasteiger partial charge in [-0.3, -0.25) is 0 Å². The van der Waals surface area contributed by atoms with Gasteiger partial charge in [-0.15, -0.1) is 0 Å². The topological polar surface area (TPSA) is 118 Å². The van der Waals surface area contributed by atoms with E-state index >= 15 is 0 Å². The summed E-state index contributed by atoms with van der Waals surface area (Å²) in [4.78, 5) is 27.6. The largest absolute Gasteiger partial charge is 0.456 e. The van der Waals surface area contributed by atoms with Crippen LogP contribution in [0.1, 0.15) is 45.9 Å². The molecular weight excluding hydrogens is 470 g/mol. The number of hydrogen-bond donors (Lipinski definition) is 2. The minimum Gasteiger partial charge on any atom is -0.456 e. The minimum absolute atomic E-state index is 0.0167. The highest BCUT2D eigenvalue weighted by Crippen LogP contribution is 2.31. The summed E-state index contributed by atoms with van der Waals surface area (Å²) in [6.45, 7) is 0.549. The van der Waals surface area contributed by atoms with Gasteiger partial charge in [0.15, 0.2) is 0 Å². The maximum atomic E-state index is 12.6. The van der Waals surface area contributed by atoms with Crippen molar-refractivity contribution in [1.29, 1.82) is 0 Å². The molecule has 1 amide bonds. The Morgan fingerprint density at radius 2 is 1.46 bits per heavy atom. The van der Waals surface area contributed by atoms with E-state index in [1.807, 2.05) is 47.2 Å². The van der Waals surface area contributed by atoms with Crippen LogP contribution in [-0.4, -0.2) is 42.9 Å². The molecule has 2 aromatic carbocycles. The van der Waals surface area contributed by atoms with E-state index in [0.29, 0.717) is 18.5 Å². The van der Waals surface area contributed by atoms with Gasteiger partial charge in [0.05, 0.1) is 0 Å². The van der Waals surface area contributed by atoms with Crippen molar-refractivity contribution < 1.29 is 27.5 Å². The monoisotopic (exact) mass is 497 g/mol. The predicted octanol–water partition coefficient (Wildman–Crippen LogP) is 3.72. The van der Waals surface area contributed by atoms with Crippen LogP contribution in [0.4, 0.5) is 4.79 Å². The molecule has 184 valence electrons. The number of carbonyl (C=O) groups is 2. The van der Waals surface area contributed by atoms with E-state index in [9.17, 15) is 18.0 Å². The van der Waals surface area contributed by atoms with Crippen molar-refractivity contribution in [2.45, 2.75) is 32.0 Å². The van der Waals surface area contributed by atoms with Crippen LogP contribution in [0.5, 0.6) is 0 Å². The molecule has 0 bridgehead atoms. The number of nitrogens with one attached hydrogen (secondary N) is 2. The Morgan fingerprint density at radius 3 is 2.06 bits per heavy atom. The number of piperidine rings is 1. The fourth-order valence-electron chi connectivity index (χ4n) is 4.02. The van der Waals surface area contributed by atoms with Crippen LogP contribution in [0, 0.1) is 0 Å². The van der Waals surface area contributed by atoms with Crippen molar-refractivity contribution in [2.75, 3.05) is 13.1 Å². The number of hydrogen-bond acceptors (Lipinski definition) is 6. The molecule has 0 atom stereocenters. The number of rotatable bonds is 8. The lowest BCUT2D eigenvalue weighted by Crippen LogP contribution is -2.46. The Morgan fingerprint density at radius 1 is 0.886 bits per heavy atom. The van der Waals surface area contributed by atoms with E-state index in [-0.39, 0.29) is 32.2 Å². The molecule has 0 radical (unpaired) electrons. The van der Waals surface area contributed by atoms with Gasteiger partial charge in [-0.25, -0.2) is 14.3 Å². The Kier molecular flexibility index (Phi) is 7.84. The van der Waals surface area contributed by atoms with Crippen molar-refractivity contribution in [3.63, 3.8) is 0 Å². The van der Waals surface area contributed by atoms with E-state index in [1.165, 1.54) is 4.31 Å². The fourth-order valence-corrected chi connectivity index (χ4v) is 5.11. The summed E-state index contributed by atoms with van der Waals surface area (Å²) in [5, 5.41) is 0. The van der Waals surface area contributed by atoms with E-state index < -0.39 is 22.3 Å². The number of aromatic nitrogens is 1. The van der Waals surface area contributed by atoms with Crippen LogP contribution in [0.25, 0.3) is 0 Å². The van der Waals surface area contributed by atoms with Gasteiger partial charge in [-0.05, 0) is 41.5 Å². The Labute approximate surface area is 204 Å². The molecule has 4 rings (SSSR count). The molecule has 2 N–H and O–H groups in total. The first-order chi connectivity index (χ1) is 16.9. The third-order valence-corrected chi connectivity index (χ3v) is 7.32.